The monoisotopic (exact) mass is 238 g/mol. The van der Waals surface area contributed by atoms with Crippen molar-refractivity contribution in [2.45, 2.75) is 26.7 Å². The van der Waals surface area contributed by atoms with Crippen LogP contribution in [0.4, 0.5) is 5.82 Å². The highest BCUT2D eigenvalue weighted by Crippen LogP contribution is 2.11. The van der Waals surface area contributed by atoms with Crippen molar-refractivity contribution in [1.29, 1.82) is 0 Å². The zero-order valence-electron chi connectivity index (χ0n) is 10.0. The van der Waals surface area contributed by atoms with E-state index in [1.807, 2.05) is 24.9 Å². The standard InChI is InChI=1S/C11H18N4S/c1-4-9-7-11(14-8(2)13-9)15(3)6-5-10(12)16/h7H,4-6H2,1-3H3,(H2,12,16). The summed E-state index contributed by atoms with van der Waals surface area (Å²) < 4.78 is 0. The van der Waals surface area contributed by atoms with Crippen molar-refractivity contribution in [2.75, 3.05) is 18.5 Å². The highest BCUT2D eigenvalue weighted by Gasteiger charge is 2.06. The fourth-order valence-electron chi connectivity index (χ4n) is 1.38. The third-order valence-electron chi connectivity index (χ3n) is 2.32. The first-order valence-corrected chi connectivity index (χ1v) is 5.77. The SMILES string of the molecule is CCc1cc(N(C)CCC(N)=S)nc(C)n1. The maximum atomic E-state index is 5.48. The zero-order chi connectivity index (χ0) is 12.1. The topological polar surface area (TPSA) is 55.0 Å². The molecule has 0 amide bonds. The Labute approximate surface area is 102 Å². The van der Waals surface area contributed by atoms with Gasteiger partial charge in [-0.1, -0.05) is 19.1 Å². The van der Waals surface area contributed by atoms with Crippen molar-refractivity contribution in [2.24, 2.45) is 5.73 Å². The van der Waals surface area contributed by atoms with Crippen LogP contribution >= 0.6 is 12.2 Å². The number of hydrogen-bond donors (Lipinski definition) is 1. The molecule has 0 saturated heterocycles. The maximum absolute atomic E-state index is 5.48. The van der Waals surface area contributed by atoms with Gasteiger partial charge in [0.1, 0.15) is 11.6 Å². The Morgan fingerprint density at radius 1 is 1.50 bits per heavy atom. The van der Waals surface area contributed by atoms with Gasteiger partial charge in [0, 0.05) is 31.8 Å². The first-order chi connectivity index (χ1) is 7.52. The van der Waals surface area contributed by atoms with Gasteiger partial charge >= 0.3 is 0 Å². The van der Waals surface area contributed by atoms with E-state index in [-0.39, 0.29) is 0 Å². The molecule has 88 valence electrons. The molecule has 0 radical (unpaired) electrons. The molecular formula is C11H18N4S. The van der Waals surface area contributed by atoms with E-state index in [0.717, 1.165) is 30.3 Å². The van der Waals surface area contributed by atoms with Crippen LogP contribution in [0.15, 0.2) is 6.07 Å². The Bertz CT molecular complexity index is 378. The normalized spacial score (nSPS) is 10.2. The van der Waals surface area contributed by atoms with Gasteiger partial charge in [-0.05, 0) is 13.3 Å². The summed E-state index contributed by atoms with van der Waals surface area (Å²) in [6.45, 7) is 4.78. The van der Waals surface area contributed by atoms with E-state index >= 15 is 0 Å². The van der Waals surface area contributed by atoms with Crippen LogP contribution in [-0.2, 0) is 6.42 Å². The third kappa shape index (κ3) is 3.73. The van der Waals surface area contributed by atoms with E-state index in [4.69, 9.17) is 18.0 Å². The minimum absolute atomic E-state index is 0.536. The van der Waals surface area contributed by atoms with Crippen LogP contribution in [0.25, 0.3) is 0 Å². The van der Waals surface area contributed by atoms with Crippen LogP contribution < -0.4 is 10.6 Å². The molecular weight excluding hydrogens is 220 g/mol. The fourth-order valence-corrected chi connectivity index (χ4v) is 1.47. The Balaban J connectivity index is 2.77. The summed E-state index contributed by atoms with van der Waals surface area (Å²) in [6.07, 6.45) is 1.62. The number of thiocarbonyl (C=S) groups is 1. The number of rotatable bonds is 5. The van der Waals surface area contributed by atoms with Crippen LogP contribution in [0.2, 0.25) is 0 Å². The lowest BCUT2D eigenvalue weighted by atomic mass is 10.3. The molecule has 1 heterocycles. The van der Waals surface area contributed by atoms with E-state index in [1.54, 1.807) is 0 Å². The van der Waals surface area contributed by atoms with Crippen molar-refractivity contribution in [1.82, 2.24) is 9.97 Å². The Morgan fingerprint density at radius 2 is 2.19 bits per heavy atom. The molecule has 0 aliphatic carbocycles. The maximum Gasteiger partial charge on any atom is 0.132 e. The zero-order valence-corrected chi connectivity index (χ0v) is 10.8. The first kappa shape index (κ1) is 12.8. The minimum atomic E-state index is 0.536. The van der Waals surface area contributed by atoms with Gasteiger partial charge in [-0.25, -0.2) is 9.97 Å². The lowest BCUT2D eigenvalue weighted by Gasteiger charge is -2.18. The van der Waals surface area contributed by atoms with Gasteiger partial charge in [-0.3, -0.25) is 0 Å². The van der Waals surface area contributed by atoms with Crippen molar-refractivity contribution in [3.8, 4) is 0 Å². The number of aromatic nitrogens is 2. The minimum Gasteiger partial charge on any atom is -0.393 e. The van der Waals surface area contributed by atoms with Crippen molar-refractivity contribution in [3.05, 3.63) is 17.6 Å². The second kappa shape index (κ2) is 5.75. The molecule has 16 heavy (non-hydrogen) atoms. The number of anilines is 1. The van der Waals surface area contributed by atoms with Gasteiger partial charge in [0.25, 0.3) is 0 Å². The van der Waals surface area contributed by atoms with E-state index in [9.17, 15) is 0 Å². The van der Waals surface area contributed by atoms with Gasteiger partial charge in [0.2, 0.25) is 0 Å². The number of hydrogen-bond acceptors (Lipinski definition) is 4. The molecule has 0 fully saturated rings. The molecule has 4 nitrogen and oxygen atoms in total. The highest BCUT2D eigenvalue weighted by molar-refractivity contribution is 7.80. The molecule has 0 aliphatic rings. The quantitative estimate of drug-likeness (QED) is 0.787. The number of aryl methyl sites for hydroxylation is 2. The van der Waals surface area contributed by atoms with Crippen molar-refractivity contribution < 1.29 is 0 Å². The van der Waals surface area contributed by atoms with E-state index in [1.165, 1.54) is 0 Å². The molecule has 0 bridgehead atoms. The number of nitrogens with two attached hydrogens (primary N) is 1. The summed E-state index contributed by atoms with van der Waals surface area (Å²) in [4.78, 5) is 11.3. The Morgan fingerprint density at radius 3 is 2.75 bits per heavy atom. The average molecular weight is 238 g/mol. The molecule has 5 heteroatoms. The van der Waals surface area contributed by atoms with Crippen LogP contribution in [0.1, 0.15) is 24.9 Å². The average Bonchev–Trinajstić information content (AvgIpc) is 2.24. The van der Waals surface area contributed by atoms with Crippen molar-refractivity contribution >= 4 is 23.0 Å². The van der Waals surface area contributed by atoms with Crippen molar-refractivity contribution in [3.63, 3.8) is 0 Å². The summed E-state index contributed by atoms with van der Waals surface area (Å²) >= 11 is 4.86. The predicted molar refractivity (Wildman–Crippen MR) is 70.8 cm³/mol. The summed E-state index contributed by atoms with van der Waals surface area (Å²) in [6, 6.07) is 2.01. The molecule has 2 N–H and O–H groups in total. The molecule has 1 aromatic rings. The third-order valence-corrected chi connectivity index (χ3v) is 2.53. The van der Waals surface area contributed by atoms with Crippen LogP contribution in [-0.4, -0.2) is 28.5 Å². The molecule has 0 unspecified atom stereocenters. The Kier molecular flexibility index (Phi) is 4.61. The molecule has 0 spiro atoms. The second-order valence-electron chi connectivity index (χ2n) is 3.76. The fraction of sp³-hybridized carbons (Fsp3) is 0.545. The smallest absolute Gasteiger partial charge is 0.132 e. The molecule has 0 aromatic carbocycles. The van der Waals surface area contributed by atoms with Gasteiger partial charge in [0.15, 0.2) is 0 Å². The van der Waals surface area contributed by atoms with Gasteiger partial charge in [0.05, 0.1) is 4.99 Å². The number of nitrogens with zero attached hydrogens (tertiary/aromatic N) is 3. The lowest BCUT2D eigenvalue weighted by Crippen LogP contribution is -2.24. The summed E-state index contributed by atoms with van der Waals surface area (Å²) in [5, 5.41) is 0. The van der Waals surface area contributed by atoms with E-state index in [2.05, 4.69) is 16.9 Å². The van der Waals surface area contributed by atoms with Crippen LogP contribution in [0.3, 0.4) is 0 Å². The lowest BCUT2D eigenvalue weighted by molar-refractivity contribution is 0.864. The molecule has 1 rings (SSSR count). The van der Waals surface area contributed by atoms with E-state index in [0.29, 0.717) is 11.4 Å². The molecule has 0 saturated carbocycles. The second-order valence-corrected chi connectivity index (χ2v) is 4.28. The predicted octanol–water partition coefficient (Wildman–Crippen LogP) is 1.46. The van der Waals surface area contributed by atoms with Crippen LogP contribution in [0, 0.1) is 6.92 Å². The van der Waals surface area contributed by atoms with Gasteiger partial charge in [-0.2, -0.15) is 0 Å². The van der Waals surface area contributed by atoms with Gasteiger partial charge < -0.3 is 10.6 Å². The Hall–Kier alpha value is -1.23. The summed E-state index contributed by atoms with van der Waals surface area (Å²) in [5.74, 6) is 1.73. The molecule has 0 atom stereocenters. The largest absolute Gasteiger partial charge is 0.393 e. The first-order valence-electron chi connectivity index (χ1n) is 5.37. The summed E-state index contributed by atoms with van der Waals surface area (Å²) in [5.41, 5.74) is 6.54. The summed E-state index contributed by atoms with van der Waals surface area (Å²) in [7, 11) is 1.99. The van der Waals surface area contributed by atoms with Crippen LogP contribution in [0.5, 0.6) is 0 Å². The van der Waals surface area contributed by atoms with E-state index < -0.39 is 0 Å². The van der Waals surface area contributed by atoms with Gasteiger partial charge in [-0.15, -0.1) is 0 Å². The molecule has 0 aliphatic heterocycles. The molecule has 1 aromatic heterocycles. The highest BCUT2D eigenvalue weighted by atomic mass is 32.1.